The monoisotopic (exact) mass is 339 g/mol. The third-order valence-electron chi connectivity index (χ3n) is 5.47. The molecule has 0 aromatic heterocycles. The number of hydrogen-bond acceptors (Lipinski definition) is 7. The van der Waals surface area contributed by atoms with Crippen molar-refractivity contribution in [1.29, 1.82) is 0 Å². The Morgan fingerprint density at radius 1 is 1.33 bits per heavy atom. The maximum absolute atomic E-state index is 12.4. The van der Waals surface area contributed by atoms with Crippen molar-refractivity contribution < 1.29 is 33.3 Å². The fraction of sp³-hybridized carbons (Fsp3) is 0.750. The zero-order chi connectivity index (χ0) is 16.9. The van der Waals surface area contributed by atoms with Crippen LogP contribution in [0.15, 0.2) is 11.8 Å². The number of epoxide rings is 1. The Labute approximate surface area is 139 Å². The molecule has 0 radical (unpaired) electrons. The van der Waals surface area contributed by atoms with Crippen LogP contribution in [-0.4, -0.2) is 68.4 Å². The first kappa shape index (κ1) is 15.7. The van der Waals surface area contributed by atoms with Crippen LogP contribution >= 0.6 is 0 Å². The van der Waals surface area contributed by atoms with Crippen molar-refractivity contribution in [2.75, 3.05) is 33.4 Å². The highest BCUT2D eigenvalue weighted by Crippen LogP contribution is 2.61. The van der Waals surface area contributed by atoms with E-state index < -0.39 is 24.0 Å². The standard InChI is InChI=1S/C16H21NO7/c1-16-11(24-16)7-9-10(13(18)20-2)8-22-14(12(9)16)23-15(19)17-3-5-21-6-4-17/h8-9,11-12,14H,3-7H2,1-2H3/t9-,11+,12+,14+,16+/m1/s1. The number of nitrogens with zero attached hydrogens (tertiary/aromatic N) is 1. The third kappa shape index (κ3) is 2.36. The minimum Gasteiger partial charge on any atom is -0.466 e. The summed E-state index contributed by atoms with van der Waals surface area (Å²) in [6, 6.07) is 0. The number of ether oxygens (including phenoxy) is 5. The highest BCUT2D eigenvalue weighted by Gasteiger charge is 2.71. The predicted octanol–water partition coefficient (Wildman–Crippen LogP) is 0.662. The molecule has 24 heavy (non-hydrogen) atoms. The number of morpholine rings is 1. The molecule has 4 aliphatic rings. The Hall–Kier alpha value is -1.80. The number of hydrogen-bond donors (Lipinski definition) is 0. The van der Waals surface area contributed by atoms with E-state index >= 15 is 0 Å². The summed E-state index contributed by atoms with van der Waals surface area (Å²) in [7, 11) is 1.34. The van der Waals surface area contributed by atoms with Crippen molar-refractivity contribution in [3.63, 3.8) is 0 Å². The molecule has 5 atom stereocenters. The summed E-state index contributed by atoms with van der Waals surface area (Å²) < 4.78 is 27.0. The number of carbonyl (C=O) groups is 2. The van der Waals surface area contributed by atoms with Gasteiger partial charge < -0.3 is 28.6 Å². The lowest BCUT2D eigenvalue weighted by Gasteiger charge is -2.37. The lowest BCUT2D eigenvalue weighted by molar-refractivity contribution is -0.154. The second kappa shape index (κ2) is 5.63. The molecule has 3 aliphatic heterocycles. The van der Waals surface area contributed by atoms with Crippen LogP contribution in [0.2, 0.25) is 0 Å². The molecule has 4 rings (SSSR count). The van der Waals surface area contributed by atoms with Crippen LogP contribution in [0.1, 0.15) is 13.3 Å². The summed E-state index contributed by atoms with van der Waals surface area (Å²) in [4.78, 5) is 25.9. The molecule has 0 unspecified atom stereocenters. The average molecular weight is 339 g/mol. The summed E-state index contributed by atoms with van der Waals surface area (Å²) >= 11 is 0. The lowest BCUT2D eigenvalue weighted by atomic mass is 9.82. The quantitative estimate of drug-likeness (QED) is 0.539. The first-order valence-electron chi connectivity index (χ1n) is 8.19. The Balaban J connectivity index is 1.52. The topological polar surface area (TPSA) is 86.8 Å². The molecular weight excluding hydrogens is 318 g/mol. The highest BCUT2D eigenvalue weighted by atomic mass is 16.7. The van der Waals surface area contributed by atoms with Crippen molar-refractivity contribution in [2.24, 2.45) is 11.8 Å². The van der Waals surface area contributed by atoms with Crippen molar-refractivity contribution in [3.8, 4) is 0 Å². The first-order chi connectivity index (χ1) is 11.5. The summed E-state index contributed by atoms with van der Waals surface area (Å²) in [6.07, 6.45) is 0.947. The minimum absolute atomic E-state index is 0.0619. The summed E-state index contributed by atoms with van der Waals surface area (Å²) in [5.74, 6) is -0.711. The van der Waals surface area contributed by atoms with Gasteiger partial charge in [-0.1, -0.05) is 0 Å². The number of fused-ring (bicyclic) bond motifs is 3. The molecule has 8 nitrogen and oxygen atoms in total. The second-order valence-corrected chi connectivity index (χ2v) is 6.71. The van der Waals surface area contributed by atoms with Gasteiger partial charge in [0, 0.05) is 19.0 Å². The molecule has 132 valence electrons. The number of carbonyl (C=O) groups excluding carboxylic acids is 2. The van der Waals surface area contributed by atoms with E-state index in [0.29, 0.717) is 38.3 Å². The third-order valence-corrected chi connectivity index (χ3v) is 5.47. The van der Waals surface area contributed by atoms with Gasteiger partial charge in [-0.25, -0.2) is 9.59 Å². The normalized spacial score (nSPS) is 39.9. The van der Waals surface area contributed by atoms with Gasteiger partial charge in [0.1, 0.15) is 5.60 Å². The van der Waals surface area contributed by atoms with Crippen LogP contribution in [0.5, 0.6) is 0 Å². The van der Waals surface area contributed by atoms with Gasteiger partial charge >= 0.3 is 12.1 Å². The Kier molecular flexibility index (Phi) is 3.69. The Morgan fingerprint density at radius 3 is 2.79 bits per heavy atom. The van der Waals surface area contributed by atoms with Crippen LogP contribution in [0.3, 0.4) is 0 Å². The van der Waals surface area contributed by atoms with Gasteiger partial charge in [0.25, 0.3) is 6.29 Å². The van der Waals surface area contributed by atoms with E-state index in [2.05, 4.69) is 0 Å². The van der Waals surface area contributed by atoms with Gasteiger partial charge in [-0.05, 0) is 13.3 Å². The van der Waals surface area contributed by atoms with Crippen molar-refractivity contribution in [2.45, 2.75) is 31.3 Å². The minimum atomic E-state index is -0.767. The predicted molar refractivity (Wildman–Crippen MR) is 78.7 cm³/mol. The van der Waals surface area contributed by atoms with Gasteiger partial charge in [-0.3, -0.25) is 0 Å². The fourth-order valence-electron chi connectivity index (χ4n) is 4.06. The van der Waals surface area contributed by atoms with E-state index in [1.807, 2.05) is 6.92 Å². The molecular formula is C16H21NO7. The molecule has 0 aromatic carbocycles. The molecule has 1 aliphatic carbocycles. The van der Waals surface area contributed by atoms with Crippen molar-refractivity contribution in [1.82, 2.24) is 4.90 Å². The molecule has 0 spiro atoms. The van der Waals surface area contributed by atoms with E-state index in [4.69, 9.17) is 23.7 Å². The molecule has 2 saturated heterocycles. The Morgan fingerprint density at radius 2 is 2.08 bits per heavy atom. The van der Waals surface area contributed by atoms with Crippen LogP contribution in [0.4, 0.5) is 4.79 Å². The van der Waals surface area contributed by atoms with Gasteiger partial charge in [0.2, 0.25) is 0 Å². The summed E-state index contributed by atoms with van der Waals surface area (Å²) in [5, 5.41) is 0. The van der Waals surface area contributed by atoms with Gasteiger partial charge in [0.05, 0.1) is 44.2 Å². The van der Waals surface area contributed by atoms with E-state index in [9.17, 15) is 9.59 Å². The van der Waals surface area contributed by atoms with Crippen LogP contribution in [-0.2, 0) is 28.5 Å². The molecule has 8 heteroatoms. The van der Waals surface area contributed by atoms with Crippen LogP contribution in [0, 0.1) is 11.8 Å². The zero-order valence-electron chi connectivity index (χ0n) is 13.7. The molecule has 3 fully saturated rings. The largest absolute Gasteiger partial charge is 0.466 e. The average Bonchev–Trinajstić information content (AvgIpc) is 3.16. The zero-order valence-corrected chi connectivity index (χ0v) is 13.7. The molecule has 3 heterocycles. The second-order valence-electron chi connectivity index (χ2n) is 6.71. The van der Waals surface area contributed by atoms with Gasteiger partial charge in [-0.15, -0.1) is 0 Å². The smallest absolute Gasteiger partial charge is 0.413 e. The maximum Gasteiger partial charge on any atom is 0.413 e. The number of methoxy groups -OCH3 is 1. The van der Waals surface area contributed by atoms with Crippen molar-refractivity contribution in [3.05, 3.63) is 11.8 Å². The highest BCUT2D eigenvalue weighted by molar-refractivity contribution is 5.89. The Bertz CT molecular complexity index is 585. The molecule has 0 aromatic rings. The first-order valence-corrected chi connectivity index (χ1v) is 8.19. The number of amides is 1. The number of rotatable bonds is 2. The lowest BCUT2D eigenvalue weighted by Crippen LogP contribution is -2.47. The van der Waals surface area contributed by atoms with Crippen LogP contribution < -0.4 is 0 Å². The fourth-order valence-corrected chi connectivity index (χ4v) is 4.06. The maximum atomic E-state index is 12.4. The summed E-state index contributed by atoms with van der Waals surface area (Å²) in [6.45, 7) is 3.98. The molecule has 0 bridgehead atoms. The molecule has 1 saturated carbocycles. The summed E-state index contributed by atoms with van der Waals surface area (Å²) in [5.41, 5.74) is 0.0620. The van der Waals surface area contributed by atoms with Crippen molar-refractivity contribution >= 4 is 12.1 Å². The van der Waals surface area contributed by atoms with Gasteiger partial charge in [-0.2, -0.15) is 0 Å². The van der Waals surface area contributed by atoms with E-state index in [0.717, 1.165) is 0 Å². The van der Waals surface area contributed by atoms with Gasteiger partial charge in [0.15, 0.2) is 0 Å². The number of esters is 1. The molecule has 1 amide bonds. The van der Waals surface area contributed by atoms with E-state index in [1.54, 1.807) is 4.90 Å². The van der Waals surface area contributed by atoms with E-state index in [-0.39, 0.29) is 17.9 Å². The van der Waals surface area contributed by atoms with Crippen LogP contribution in [0.25, 0.3) is 0 Å². The SMILES string of the molecule is COC(=O)C1=CO[C@@H](OC(=O)N2CCOCC2)[C@@H]2[C@@H]1C[C@@H]1O[C@]21C. The molecule has 0 N–H and O–H groups in total. The van der Waals surface area contributed by atoms with E-state index in [1.165, 1.54) is 13.4 Å².